The van der Waals surface area contributed by atoms with Crippen molar-refractivity contribution in [3.8, 4) is 5.75 Å². The summed E-state index contributed by atoms with van der Waals surface area (Å²) >= 11 is 3.16. The molecule has 0 spiro atoms. The third-order valence-corrected chi connectivity index (χ3v) is 14.8. The van der Waals surface area contributed by atoms with Gasteiger partial charge >= 0.3 is 0 Å². The van der Waals surface area contributed by atoms with Gasteiger partial charge in [-0.2, -0.15) is 0 Å². The average molecular weight is 979 g/mol. The SMILES string of the molecule is COc1c2c3c4c(c(NCCOCCOCCOCCO)c(=O)c5c6c(c(CO)c(c7c(CO)c8c(c(c1=O)c73)NCCS8)c54)SCCN6)C=C(C)C2C(C)=NCCOCCOCCOCCO. The summed E-state index contributed by atoms with van der Waals surface area (Å²) in [7, 11) is 1.52. The first-order valence-electron chi connectivity index (χ1n) is 23.2. The van der Waals surface area contributed by atoms with Gasteiger partial charge in [0.15, 0.2) is 5.75 Å². The molecule has 0 amide bonds. The van der Waals surface area contributed by atoms with Crippen LogP contribution >= 0.6 is 23.5 Å². The van der Waals surface area contributed by atoms with Crippen LogP contribution in [0.4, 0.5) is 17.1 Å². The van der Waals surface area contributed by atoms with Crippen molar-refractivity contribution in [1.29, 1.82) is 0 Å². The minimum Gasteiger partial charge on any atom is -0.492 e. The molecule has 1 atom stereocenters. The molecule has 2 aliphatic heterocycles. The molecule has 0 saturated carbocycles. The molecule has 2 heterocycles. The van der Waals surface area contributed by atoms with E-state index in [0.717, 1.165) is 26.1 Å². The van der Waals surface area contributed by atoms with Crippen molar-refractivity contribution in [2.24, 2.45) is 4.99 Å². The standard InChI is InChI=1S/C49H62N4O13S2/c1-27-24-29-33-36-34(30(25-56)48-43(52-6-22-67-48)40(36)45(58)42(29)51-5-11-62-15-19-66-21-17-64-13-9-55)35-31(26-57)49-44(53-7-23-68-49)41-38(35)37(33)39(47(60-3)46(41)59)32(27)28(2)50-4-10-61-14-18-65-20-16-63-12-8-54/h24,32,51-57H,4-23,25-26H2,1-3H3. The number of hydrogen-bond donors (Lipinski definition) is 7. The fourth-order valence-corrected chi connectivity index (χ4v) is 12.0. The van der Waals surface area contributed by atoms with E-state index in [0.29, 0.717) is 174 Å². The average Bonchev–Trinajstić information content (AvgIpc) is 3.48. The fraction of sp³-hybridized carbons (Fsp3) is 0.531. The van der Waals surface area contributed by atoms with Gasteiger partial charge in [-0.1, -0.05) is 11.6 Å². The molecule has 8 rings (SSSR count). The summed E-state index contributed by atoms with van der Waals surface area (Å²) in [6.45, 7) is 9.04. The summed E-state index contributed by atoms with van der Waals surface area (Å²) in [4.78, 5) is 37.5. The van der Waals surface area contributed by atoms with Gasteiger partial charge in [0.05, 0.1) is 147 Å². The summed E-state index contributed by atoms with van der Waals surface area (Å²) < 4.78 is 39.8. The van der Waals surface area contributed by atoms with E-state index in [1.807, 2.05) is 19.9 Å². The third kappa shape index (κ3) is 9.70. The quantitative estimate of drug-likeness (QED) is 0.0168. The van der Waals surface area contributed by atoms with Crippen molar-refractivity contribution in [1.82, 2.24) is 0 Å². The molecule has 368 valence electrons. The molecule has 19 heteroatoms. The zero-order valence-corrected chi connectivity index (χ0v) is 40.6. The molecule has 68 heavy (non-hydrogen) atoms. The number of hydrogen-bond acceptors (Lipinski definition) is 19. The van der Waals surface area contributed by atoms with Crippen molar-refractivity contribution < 1.29 is 53.6 Å². The lowest BCUT2D eigenvalue weighted by atomic mass is 9.78. The first-order valence-corrected chi connectivity index (χ1v) is 25.2. The van der Waals surface area contributed by atoms with Gasteiger partial charge in [0.2, 0.25) is 10.9 Å². The Kier molecular flexibility index (Phi) is 17.5. The highest BCUT2D eigenvalue weighted by Crippen LogP contribution is 2.57. The predicted molar refractivity (Wildman–Crippen MR) is 270 cm³/mol. The van der Waals surface area contributed by atoms with E-state index >= 15 is 9.59 Å². The van der Waals surface area contributed by atoms with Gasteiger partial charge in [0.1, 0.15) is 0 Å². The topological polar surface area (TPSA) is 228 Å². The van der Waals surface area contributed by atoms with Crippen molar-refractivity contribution in [3.05, 3.63) is 48.3 Å². The van der Waals surface area contributed by atoms with Gasteiger partial charge in [-0.25, -0.2) is 0 Å². The Bertz CT molecular complexity index is 2770. The molecule has 7 N–H and O–H groups in total. The minimum atomic E-state index is -0.573. The number of aliphatic imine (C=N–C) groups is 1. The molecule has 1 unspecified atom stereocenters. The Hall–Kier alpha value is -4.09. The highest BCUT2D eigenvalue weighted by Gasteiger charge is 2.38. The van der Waals surface area contributed by atoms with E-state index < -0.39 is 5.92 Å². The number of thioether (sulfide) groups is 2. The van der Waals surface area contributed by atoms with Crippen LogP contribution in [0.3, 0.4) is 0 Å². The fourth-order valence-electron chi connectivity index (χ4n) is 9.90. The number of aliphatic hydroxyl groups excluding tert-OH is 4. The molecule has 1 aliphatic carbocycles. The Balaban J connectivity index is 1.31. The van der Waals surface area contributed by atoms with Crippen LogP contribution in [0, 0.1) is 0 Å². The van der Waals surface area contributed by atoms with Crippen LogP contribution < -0.4 is 31.5 Å². The molecule has 0 aromatic heterocycles. The molecule has 0 radical (unpaired) electrons. The van der Waals surface area contributed by atoms with Crippen molar-refractivity contribution in [3.63, 3.8) is 0 Å². The number of nitrogens with one attached hydrogen (secondary N) is 3. The van der Waals surface area contributed by atoms with Crippen LogP contribution in [0.1, 0.15) is 42.0 Å². The molecular weight excluding hydrogens is 917 g/mol. The molecule has 5 aromatic rings. The lowest BCUT2D eigenvalue weighted by Gasteiger charge is -2.31. The van der Waals surface area contributed by atoms with Crippen LogP contribution in [-0.4, -0.2) is 163 Å². The summed E-state index contributed by atoms with van der Waals surface area (Å²) in [6.07, 6.45) is 2.03. The Morgan fingerprint density at radius 3 is 1.69 bits per heavy atom. The number of methoxy groups -OCH3 is 1. The summed E-state index contributed by atoms with van der Waals surface area (Å²) in [6, 6.07) is 0. The zero-order chi connectivity index (χ0) is 47.7. The van der Waals surface area contributed by atoms with Gasteiger partial charge in [-0.15, -0.1) is 23.5 Å². The largest absolute Gasteiger partial charge is 0.492 e. The maximum atomic E-state index is 15.5. The van der Waals surface area contributed by atoms with Crippen molar-refractivity contribution in [2.75, 3.05) is 153 Å². The molecular formula is C49H62N4O13S2. The second-order valence-electron chi connectivity index (χ2n) is 16.5. The number of rotatable bonds is 27. The van der Waals surface area contributed by atoms with E-state index in [1.165, 1.54) is 7.11 Å². The monoisotopic (exact) mass is 978 g/mol. The van der Waals surface area contributed by atoms with E-state index in [9.17, 15) is 10.2 Å². The second kappa shape index (κ2) is 23.7. The smallest absolute Gasteiger partial charge is 0.230 e. The van der Waals surface area contributed by atoms with E-state index in [1.54, 1.807) is 23.5 Å². The molecule has 5 aromatic carbocycles. The minimum absolute atomic E-state index is 0.0378. The number of aliphatic hydroxyl groups is 4. The van der Waals surface area contributed by atoms with Gasteiger partial charge in [0.25, 0.3) is 0 Å². The predicted octanol–water partition coefficient (Wildman–Crippen LogP) is 4.38. The Labute approximate surface area is 402 Å². The van der Waals surface area contributed by atoms with E-state index in [2.05, 4.69) is 16.0 Å². The van der Waals surface area contributed by atoms with Gasteiger partial charge in [-0.3, -0.25) is 14.6 Å². The summed E-state index contributed by atoms with van der Waals surface area (Å²) in [5.41, 5.74) is 5.24. The van der Waals surface area contributed by atoms with Crippen molar-refractivity contribution in [2.45, 2.75) is 42.8 Å². The number of ether oxygens (including phenoxy) is 7. The Morgan fingerprint density at radius 1 is 0.662 bits per heavy atom. The molecule has 3 aliphatic rings. The third-order valence-electron chi connectivity index (χ3n) is 12.5. The van der Waals surface area contributed by atoms with Crippen molar-refractivity contribution >= 4 is 95.5 Å². The second-order valence-corrected chi connectivity index (χ2v) is 18.7. The van der Waals surface area contributed by atoms with Crippen LogP contribution in [-0.2, 0) is 41.6 Å². The molecule has 0 fully saturated rings. The molecule has 17 nitrogen and oxygen atoms in total. The van der Waals surface area contributed by atoms with Gasteiger partial charge in [-0.05, 0) is 30.0 Å². The first-order chi connectivity index (χ1) is 33.3. The lowest BCUT2D eigenvalue weighted by molar-refractivity contribution is 0.00892. The molecule has 0 saturated heterocycles. The Morgan fingerprint density at radius 2 is 1.16 bits per heavy atom. The summed E-state index contributed by atoms with van der Waals surface area (Å²) in [5.74, 6) is 1.02. The zero-order valence-electron chi connectivity index (χ0n) is 38.9. The number of allylic oxidation sites excluding steroid dienone is 1. The van der Waals surface area contributed by atoms with Crippen LogP contribution in [0.15, 0.2) is 29.9 Å². The van der Waals surface area contributed by atoms with Gasteiger partial charge in [0, 0.05) is 91.0 Å². The summed E-state index contributed by atoms with van der Waals surface area (Å²) in [5, 5.41) is 56.4. The van der Waals surface area contributed by atoms with Crippen LogP contribution in [0.5, 0.6) is 5.75 Å². The van der Waals surface area contributed by atoms with Crippen LogP contribution in [0.2, 0.25) is 0 Å². The van der Waals surface area contributed by atoms with Crippen LogP contribution in [0.25, 0.3) is 49.2 Å². The molecule has 0 bridgehead atoms. The number of benzene rings is 5. The first kappa shape index (κ1) is 50.3. The van der Waals surface area contributed by atoms with E-state index in [4.69, 9.17) is 48.4 Å². The maximum absolute atomic E-state index is 15.5. The number of nitrogens with zero attached hydrogens (tertiary/aromatic N) is 1. The number of anilines is 3. The van der Waals surface area contributed by atoms with Gasteiger partial charge < -0.3 is 69.5 Å². The maximum Gasteiger partial charge on any atom is 0.230 e. The highest BCUT2D eigenvalue weighted by molar-refractivity contribution is 7.99. The highest BCUT2D eigenvalue weighted by atomic mass is 32.2. The number of fused-ring (bicyclic) bond motifs is 5. The normalized spacial score (nSPS) is 15.8. The van der Waals surface area contributed by atoms with E-state index in [-0.39, 0.29) is 62.9 Å². The lowest BCUT2D eigenvalue weighted by Crippen LogP contribution is -2.23.